The van der Waals surface area contributed by atoms with Gasteiger partial charge in [-0.15, -0.1) is 0 Å². The molecule has 0 aliphatic rings. The van der Waals surface area contributed by atoms with E-state index in [1.807, 2.05) is 25.2 Å². The van der Waals surface area contributed by atoms with Crippen LogP contribution in [0.5, 0.6) is 0 Å². The molecule has 0 aliphatic heterocycles. The van der Waals surface area contributed by atoms with Crippen molar-refractivity contribution in [3.05, 3.63) is 68.4 Å². The van der Waals surface area contributed by atoms with E-state index in [9.17, 15) is 4.39 Å². The first-order valence-electron chi connectivity index (χ1n) is 6.33. The Bertz CT molecular complexity index is 617. The quantitative estimate of drug-likeness (QED) is 0.835. The third kappa shape index (κ3) is 2.98. The molecule has 4 heteroatoms. The Morgan fingerprint density at radius 3 is 2.20 bits per heavy atom. The minimum Gasteiger partial charge on any atom is -0.309 e. The molecule has 1 N–H and O–H groups in total. The van der Waals surface area contributed by atoms with Crippen molar-refractivity contribution >= 4 is 23.2 Å². The van der Waals surface area contributed by atoms with E-state index in [4.69, 9.17) is 23.2 Å². The van der Waals surface area contributed by atoms with Gasteiger partial charge in [0, 0.05) is 10.0 Å². The van der Waals surface area contributed by atoms with Crippen molar-refractivity contribution < 1.29 is 4.39 Å². The normalized spacial score (nSPS) is 12.5. The molecule has 2 aromatic rings. The molecule has 0 spiro atoms. The van der Waals surface area contributed by atoms with E-state index < -0.39 is 0 Å². The van der Waals surface area contributed by atoms with E-state index >= 15 is 0 Å². The van der Waals surface area contributed by atoms with Gasteiger partial charge in [-0.1, -0.05) is 35.3 Å². The molecular weight excluding hydrogens is 296 g/mol. The van der Waals surface area contributed by atoms with Crippen LogP contribution in [0.4, 0.5) is 4.39 Å². The summed E-state index contributed by atoms with van der Waals surface area (Å²) >= 11 is 12.3. The molecule has 106 valence electrons. The summed E-state index contributed by atoms with van der Waals surface area (Å²) in [6.45, 7) is 3.52. The lowest BCUT2D eigenvalue weighted by molar-refractivity contribution is 0.604. The van der Waals surface area contributed by atoms with E-state index in [1.54, 1.807) is 26.0 Å². The van der Waals surface area contributed by atoms with Gasteiger partial charge in [0.05, 0.1) is 6.04 Å². The van der Waals surface area contributed by atoms with Crippen LogP contribution in [-0.2, 0) is 0 Å². The van der Waals surface area contributed by atoms with E-state index in [1.165, 1.54) is 0 Å². The first-order chi connectivity index (χ1) is 9.43. The van der Waals surface area contributed by atoms with Crippen molar-refractivity contribution in [1.29, 1.82) is 0 Å². The van der Waals surface area contributed by atoms with Gasteiger partial charge >= 0.3 is 0 Å². The molecule has 0 aliphatic carbocycles. The number of halogens is 3. The standard InChI is InChI=1S/C16H16Cl2FN/c1-9-6-11(7-10(2)15(9)19)16(20-3)13-8-12(17)4-5-14(13)18/h4-8,16,20H,1-3H3. The number of hydrogen-bond donors (Lipinski definition) is 1. The van der Waals surface area contributed by atoms with Crippen molar-refractivity contribution in [1.82, 2.24) is 5.32 Å². The van der Waals surface area contributed by atoms with Crippen LogP contribution >= 0.6 is 23.2 Å². The highest BCUT2D eigenvalue weighted by Crippen LogP contribution is 2.31. The fraction of sp³-hybridized carbons (Fsp3) is 0.250. The van der Waals surface area contributed by atoms with Gasteiger partial charge in [-0.05, 0) is 61.3 Å². The smallest absolute Gasteiger partial charge is 0.129 e. The van der Waals surface area contributed by atoms with E-state index in [2.05, 4.69) is 5.32 Å². The van der Waals surface area contributed by atoms with Gasteiger partial charge in [0.15, 0.2) is 0 Å². The van der Waals surface area contributed by atoms with E-state index in [0.29, 0.717) is 21.2 Å². The summed E-state index contributed by atoms with van der Waals surface area (Å²) in [7, 11) is 1.84. The highest BCUT2D eigenvalue weighted by Gasteiger charge is 2.17. The molecule has 0 fully saturated rings. The molecule has 2 rings (SSSR count). The zero-order valence-corrected chi connectivity index (χ0v) is 13.1. The van der Waals surface area contributed by atoms with Gasteiger partial charge < -0.3 is 5.32 Å². The van der Waals surface area contributed by atoms with Gasteiger partial charge in [-0.25, -0.2) is 4.39 Å². The average molecular weight is 312 g/mol. The number of benzene rings is 2. The highest BCUT2D eigenvalue weighted by atomic mass is 35.5. The minimum absolute atomic E-state index is 0.126. The fourth-order valence-electron chi connectivity index (χ4n) is 2.38. The Hall–Kier alpha value is -1.09. The maximum atomic E-state index is 13.8. The van der Waals surface area contributed by atoms with Crippen LogP contribution in [0.3, 0.4) is 0 Å². The number of nitrogens with one attached hydrogen (secondary N) is 1. The topological polar surface area (TPSA) is 12.0 Å². The molecule has 2 aromatic carbocycles. The third-order valence-corrected chi connectivity index (χ3v) is 3.93. The second-order valence-electron chi connectivity index (χ2n) is 4.86. The van der Waals surface area contributed by atoms with Gasteiger partial charge in [0.25, 0.3) is 0 Å². The Kier molecular flexibility index (Phi) is 4.69. The second kappa shape index (κ2) is 6.13. The molecule has 0 saturated heterocycles. The lowest BCUT2D eigenvalue weighted by Gasteiger charge is -2.20. The zero-order valence-electron chi connectivity index (χ0n) is 11.6. The van der Waals surface area contributed by atoms with Crippen molar-refractivity contribution in [2.45, 2.75) is 19.9 Å². The Morgan fingerprint density at radius 2 is 1.65 bits per heavy atom. The molecule has 0 amide bonds. The van der Waals surface area contributed by atoms with Crippen LogP contribution < -0.4 is 5.32 Å². The van der Waals surface area contributed by atoms with Crippen molar-refractivity contribution in [3.63, 3.8) is 0 Å². The molecule has 20 heavy (non-hydrogen) atoms. The minimum atomic E-state index is -0.166. The van der Waals surface area contributed by atoms with Crippen LogP contribution in [0, 0.1) is 19.7 Å². The average Bonchev–Trinajstić information content (AvgIpc) is 2.40. The summed E-state index contributed by atoms with van der Waals surface area (Å²) in [4.78, 5) is 0. The van der Waals surface area contributed by atoms with Crippen molar-refractivity contribution in [2.75, 3.05) is 7.05 Å². The fourth-order valence-corrected chi connectivity index (χ4v) is 2.79. The van der Waals surface area contributed by atoms with Crippen LogP contribution in [0.25, 0.3) is 0 Å². The van der Waals surface area contributed by atoms with Crippen LogP contribution in [0.1, 0.15) is 28.3 Å². The first-order valence-corrected chi connectivity index (χ1v) is 7.08. The summed E-state index contributed by atoms with van der Waals surface area (Å²) < 4.78 is 13.8. The van der Waals surface area contributed by atoms with Crippen molar-refractivity contribution in [2.24, 2.45) is 0 Å². The van der Waals surface area contributed by atoms with Gasteiger partial charge in [-0.2, -0.15) is 0 Å². The largest absolute Gasteiger partial charge is 0.309 e. The first kappa shape index (κ1) is 15.3. The Morgan fingerprint density at radius 1 is 1.05 bits per heavy atom. The molecule has 0 heterocycles. The van der Waals surface area contributed by atoms with Gasteiger partial charge in [0.1, 0.15) is 5.82 Å². The number of rotatable bonds is 3. The summed E-state index contributed by atoms with van der Waals surface area (Å²) in [5.74, 6) is -0.166. The molecule has 0 bridgehead atoms. The van der Waals surface area contributed by atoms with Gasteiger partial charge in [-0.3, -0.25) is 0 Å². The molecule has 1 atom stereocenters. The summed E-state index contributed by atoms with van der Waals surface area (Å²) in [5.41, 5.74) is 3.09. The summed E-state index contributed by atoms with van der Waals surface area (Å²) in [6, 6.07) is 8.90. The van der Waals surface area contributed by atoms with Crippen LogP contribution in [0.15, 0.2) is 30.3 Å². The van der Waals surface area contributed by atoms with Crippen molar-refractivity contribution in [3.8, 4) is 0 Å². The highest BCUT2D eigenvalue weighted by molar-refractivity contribution is 6.33. The third-order valence-electron chi connectivity index (χ3n) is 3.35. The second-order valence-corrected chi connectivity index (χ2v) is 5.70. The van der Waals surface area contributed by atoms with Crippen LogP contribution in [0.2, 0.25) is 10.0 Å². The Labute approximate surface area is 128 Å². The predicted molar refractivity (Wildman–Crippen MR) is 83.2 cm³/mol. The molecule has 0 radical (unpaired) electrons. The van der Waals surface area contributed by atoms with Gasteiger partial charge in [0.2, 0.25) is 0 Å². The zero-order chi connectivity index (χ0) is 14.9. The van der Waals surface area contributed by atoms with Crippen LogP contribution in [-0.4, -0.2) is 7.05 Å². The van der Waals surface area contributed by atoms with E-state index in [-0.39, 0.29) is 11.9 Å². The summed E-state index contributed by atoms with van der Waals surface area (Å²) in [5, 5.41) is 4.47. The summed E-state index contributed by atoms with van der Waals surface area (Å²) in [6.07, 6.45) is 0. The number of aryl methyl sites for hydroxylation is 2. The molecular formula is C16H16Cl2FN. The molecule has 0 saturated carbocycles. The maximum Gasteiger partial charge on any atom is 0.129 e. The maximum absolute atomic E-state index is 13.8. The van der Waals surface area contributed by atoms with E-state index in [0.717, 1.165) is 11.1 Å². The Balaban J connectivity index is 2.55. The number of hydrogen-bond acceptors (Lipinski definition) is 1. The molecule has 1 nitrogen and oxygen atoms in total. The lowest BCUT2D eigenvalue weighted by atomic mass is 9.95. The predicted octanol–water partition coefficient (Wildman–Crippen LogP) is 5.06. The monoisotopic (exact) mass is 311 g/mol. The SMILES string of the molecule is CNC(c1cc(C)c(F)c(C)c1)c1cc(Cl)ccc1Cl. The molecule has 1 unspecified atom stereocenters. The lowest BCUT2D eigenvalue weighted by Crippen LogP contribution is -2.18. The molecule has 0 aromatic heterocycles.